The molecular formula is C19H24FN5O2. The Balaban J connectivity index is 1.53. The van der Waals surface area contributed by atoms with Gasteiger partial charge in [-0.25, -0.2) is 14.4 Å². The van der Waals surface area contributed by atoms with E-state index in [2.05, 4.69) is 25.5 Å². The van der Waals surface area contributed by atoms with Crippen molar-refractivity contribution in [2.75, 3.05) is 44.7 Å². The monoisotopic (exact) mass is 373 g/mol. The molecule has 1 aromatic heterocycles. The van der Waals surface area contributed by atoms with Gasteiger partial charge in [0.25, 0.3) is 5.91 Å². The minimum absolute atomic E-state index is 0.291. The number of carbonyl (C=O) groups excluding carboxylic acids is 1. The first kappa shape index (κ1) is 19.2. The number of amides is 1. The Hall–Kier alpha value is -2.58. The summed E-state index contributed by atoms with van der Waals surface area (Å²) in [4.78, 5) is 23.3. The van der Waals surface area contributed by atoms with Crippen molar-refractivity contribution < 1.29 is 13.9 Å². The van der Waals surface area contributed by atoms with Gasteiger partial charge in [0.2, 0.25) is 0 Å². The normalized spacial score (nSPS) is 14.7. The number of benzene rings is 1. The van der Waals surface area contributed by atoms with Crippen molar-refractivity contribution in [3.63, 3.8) is 0 Å². The number of halogens is 1. The summed E-state index contributed by atoms with van der Waals surface area (Å²) >= 11 is 0. The van der Waals surface area contributed by atoms with E-state index in [1.807, 2.05) is 0 Å². The van der Waals surface area contributed by atoms with Crippen LogP contribution in [0.2, 0.25) is 0 Å². The number of nitrogens with one attached hydrogen (secondary N) is 2. The third kappa shape index (κ3) is 5.97. The number of hydrogen-bond acceptors (Lipinski definition) is 6. The van der Waals surface area contributed by atoms with Crippen LogP contribution in [0.15, 0.2) is 30.3 Å². The molecule has 1 aliphatic heterocycles. The molecule has 8 heteroatoms. The molecule has 2 heterocycles. The maximum Gasteiger partial charge on any atom is 0.270 e. The molecule has 1 aromatic carbocycles. The maximum absolute atomic E-state index is 12.9. The molecule has 0 saturated carbocycles. The molecule has 0 spiro atoms. The number of nitrogens with zero attached hydrogens (tertiary/aromatic N) is 3. The topological polar surface area (TPSA) is 79.4 Å². The first-order valence-electron chi connectivity index (χ1n) is 9.02. The fraction of sp³-hybridized carbons (Fsp3) is 0.421. The number of hydrogen-bond donors (Lipinski definition) is 2. The van der Waals surface area contributed by atoms with Gasteiger partial charge < -0.3 is 15.4 Å². The third-order valence-corrected chi connectivity index (χ3v) is 4.27. The zero-order valence-corrected chi connectivity index (χ0v) is 15.4. The van der Waals surface area contributed by atoms with Crippen LogP contribution >= 0.6 is 0 Å². The average Bonchev–Trinajstić information content (AvgIpc) is 2.68. The average molecular weight is 373 g/mol. The highest BCUT2D eigenvalue weighted by Crippen LogP contribution is 2.08. The molecule has 144 valence electrons. The second-order valence-corrected chi connectivity index (χ2v) is 6.38. The highest BCUT2D eigenvalue weighted by Gasteiger charge is 2.12. The molecule has 3 rings (SSSR count). The third-order valence-electron chi connectivity index (χ3n) is 4.27. The first-order chi connectivity index (χ1) is 13.1. The molecule has 0 aliphatic carbocycles. The first-order valence-corrected chi connectivity index (χ1v) is 9.02. The maximum atomic E-state index is 12.9. The van der Waals surface area contributed by atoms with Crippen LogP contribution < -0.4 is 10.6 Å². The lowest BCUT2D eigenvalue weighted by Gasteiger charge is -2.26. The lowest BCUT2D eigenvalue weighted by atomic mass is 10.2. The van der Waals surface area contributed by atoms with Gasteiger partial charge in [-0.2, -0.15) is 0 Å². The number of rotatable bonds is 7. The molecule has 0 atom stereocenters. The van der Waals surface area contributed by atoms with Crippen LogP contribution in [0.3, 0.4) is 0 Å². The van der Waals surface area contributed by atoms with Gasteiger partial charge in [0.1, 0.15) is 23.2 Å². The molecular weight excluding hydrogens is 349 g/mol. The summed E-state index contributed by atoms with van der Waals surface area (Å²) in [6.07, 6.45) is 0. The van der Waals surface area contributed by atoms with Crippen LogP contribution in [0.5, 0.6) is 0 Å². The van der Waals surface area contributed by atoms with E-state index in [1.54, 1.807) is 25.1 Å². The van der Waals surface area contributed by atoms with Gasteiger partial charge in [-0.15, -0.1) is 0 Å². The van der Waals surface area contributed by atoms with Gasteiger partial charge >= 0.3 is 0 Å². The molecule has 1 amide bonds. The van der Waals surface area contributed by atoms with Crippen LogP contribution in [0, 0.1) is 12.7 Å². The molecule has 2 N–H and O–H groups in total. The van der Waals surface area contributed by atoms with Gasteiger partial charge in [-0.1, -0.05) is 12.1 Å². The number of morpholine rings is 1. The van der Waals surface area contributed by atoms with Gasteiger partial charge in [0.15, 0.2) is 0 Å². The Morgan fingerprint density at radius 3 is 2.70 bits per heavy atom. The summed E-state index contributed by atoms with van der Waals surface area (Å²) in [6, 6.07) is 7.66. The predicted molar refractivity (Wildman–Crippen MR) is 100 cm³/mol. The predicted octanol–water partition coefficient (Wildman–Crippen LogP) is 1.60. The molecule has 0 unspecified atom stereocenters. The number of aromatic nitrogens is 2. The largest absolute Gasteiger partial charge is 0.379 e. The smallest absolute Gasteiger partial charge is 0.270 e. The van der Waals surface area contributed by atoms with E-state index in [0.717, 1.165) is 45.0 Å². The Kier molecular flexibility index (Phi) is 6.67. The molecule has 2 aromatic rings. The summed E-state index contributed by atoms with van der Waals surface area (Å²) in [7, 11) is 0. The zero-order valence-electron chi connectivity index (χ0n) is 15.4. The van der Waals surface area contributed by atoms with Crippen LogP contribution in [0.4, 0.5) is 10.2 Å². The highest BCUT2D eigenvalue weighted by molar-refractivity contribution is 5.92. The van der Waals surface area contributed by atoms with Gasteiger partial charge in [0, 0.05) is 38.8 Å². The van der Waals surface area contributed by atoms with E-state index < -0.39 is 0 Å². The van der Waals surface area contributed by atoms with Gasteiger partial charge in [-0.05, 0) is 24.6 Å². The van der Waals surface area contributed by atoms with E-state index in [9.17, 15) is 9.18 Å². The Bertz CT molecular complexity index is 763. The van der Waals surface area contributed by atoms with Crippen LogP contribution in [-0.4, -0.2) is 60.2 Å². The second-order valence-electron chi connectivity index (χ2n) is 6.38. The summed E-state index contributed by atoms with van der Waals surface area (Å²) < 4.78 is 18.3. The summed E-state index contributed by atoms with van der Waals surface area (Å²) in [6.45, 7) is 7.08. The van der Waals surface area contributed by atoms with Gasteiger partial charge in [0.05, 0.1) is 13.2 Å². The lowest BCUT2D eigenvalue weighted by molar-refractivity contribution is 0.0398. The van der Waals surface area contributed by atoms with Crippen molar-refractivity contribution in [3.8, 4) is 0 Å². The summed E-state index contributed by atoms with van der Waals surface area (Å²) in [5.41, 5.74) is 1.12. The van der Waals surface area contributed by atoms with Crippen molar-refractivity contribution in [2.24, 2.45) is 0 Å². The standard InChI is InChI=1S/C19H24FN5O2/c1-14-23-17(19(26)22-13-15-2-4-16(20)5-3-15)12-18(24-14)21-6-7-25-8-10-27-11-9-25/h2-5,12H,6-11,13H2,1H3,(H,22,26)(H,21,23,24). The van der Waals surface area contributed by atoms with Crippen molar-refractivity contribution >= 4 is 11.7 Å². The molecule has 7 nitrogen and oxygen atoms in total. The molecule has 0 bridgehead atoms. The highest BCUT2D eigenvalue weighted by atomic mass is 19.1. The Morgan fingerprint density at radius 2 is 1.96 bits per heavy atom. The number of aryl methyl sites for hydroxylation is 1. The van der Waals surface area contributed by atoms with Crippen LogP contribution in [-0.2, 0) is 11.3 Å². The molecule has 27 heavy (non-hydrogen) atoms. The Labute approximate surface area is 158 Å². The van der Waals surface area contributed by atoms with Crippen molar-refractivity contribution in [1.29, 1.82) is 0 Å². The number of carbonyl (C=O) groups is 1. The quantitative estimate of drug-likeness (QED) is 0.768. The molecule has 1 saturated heterocycles. The SMILES string of the molecule is Cc1nc(NCCN2CCOCC2)cc(C(=O)NCc2ccc(F)cc2)n1. The molecule has 1 aliphatic rings. The minimum Gasteiger partial charge on any atom is -0.379 e. The summed E-state index contributed by atoms with van der Waals surface area (Å²) in [5, 5.41) is 6.05. The number of ether oxygens (including phenoxy) is 1. The second kappa shape index (κ2) is 9.38. The molecule has 1 fully saturated rings. The molecule has 0 radical (unpaired) electrons. The van der Waals surface area contributed by atoms with Crippen molar-refractivity contribution in [3.05, 3.63) is 53.2 Å². The van der Waals surface area contributed by atoms with E-state index in [-0.39, 0.29) is 11.7 Å². The fourth-order valence-electron chi connectivity index (χ4n) is 2.82. The van der Waals surface area contributed by atoms with E-state index >= 15 is 0 Å². The lowest BCUT2D eigenvalue weighted by Crippen LogP contribution is -2.39. The minimum atomic E-state index is -0.302. The van der Waals surface area contributed by atoms with E-state index in [4.69, 9.17) is 4.74 Å². The van der Waals surface area contributed by atoms with Gasteiger partial charge in [-0.3, -0.25) is 9.69 Å². The van der Waals surface area contributed by atoms with Crippen molar-refractivity contribution in [2.45, 2.75) is 13.5 Å². The Morgan fingerprint density at radius 1 is 1.22 bits per heavy atom. The number of anilines is 1. The van der Waals surface area contributed by atoms with Crippen LogP contribution in [0.1, 0.15) is 21.9 Å². The fourth-order valence-corrected chi connectivity index (χ4v) is 2.82. The zero-order chi connectivity index (χ0) is 19.1. The van der Waals surface area contributed by atoms with E-state index in [0.29, 0.717) is 23.9 Å². The summed E-state index contributed by atoms with van der Waals surface area (Å²) in [5.74, 6) is 0.561. The van der Waals surface area contributed by atoms with Crippen LogP contribution in [0.25, 0.3) is 0 Å². The van der Waals surface area contributed by atoms with Crippen molar-refractivity contribution in [1.82, 2.24) is 20.2 Å². The van der Waals surface area contributed by atoms with E-state index in [1.165, 1.54) is 12.1 Å².